The molecule has 0 amide bonds. The number of hydrogen-bond donors (Lipinski definition) is 0. The van der Waals surface area contributed by atoms with Crippen molar-refractivity contribution in [2.45, 2.75) is 32.9 Å². The molecule has 6 heavy (non-hydrogen) atoms. The van der Waals surface area contributed by atoms with E-state index in [4.69, 9.17) is 0 Å². The lowest BCUT2D eigenvalue weighted by Crippen LogP contribution is -1.87. The minimum absolute atomic E-state index is 0.602. The standard InChI is InChI=1S/C5H11F/c1-3-4-5(2)6/h5H,3-4H2,1-2H3/t5-/m0/s1. The molecule has 1 atom stereocenters. The van der Waals surface area contributed by atoms with Crippen molar-refractivity contribution in [2.75, 3.05) is 0 Å². The average molecular weight is 90.1 g/mol. The molecule has 0 spiro atoms. The second-order valence-corrected chi connectivity index (χ2v) is 1.57. The predicted octanol–water partition coefficient (Wildman–Crippen LogP) is 2.14. The van der Waals surface area contributed by atoms with Gasteiger partial charge in [0, 0.05) is 0 Å². The van der Waals surface area contributed by atoms with E-state index in [-0.39, 0.29) is 0 Å². The Morgan fingerprint density at radius 3 is 2.17 bits per heavy atom. The second-order valence-electron chi connectivity index (χ2n) is 1.57. The molecule has 0 fully saturated rings. The maximum atomic E-state index is 11.7. The highest BCUT2D eigenvalue weighted by atomic mass is 19.1. The van der Waals surface area contributed by atoms with Crippen LogP contribution < -0.4 is 0 Å². The summed E-state index contributed by atoms with van der Waals surface area (Å²) in [6, 6.07) is 0. The van der Waals surface area contributed by atoms with E-state index in [0.29, 0.717) is 6.42 Å². The molecule has 0 radical (unpaired) electrons. The van der Waals surface area contributed by atoms with Gasteiger partial charge in [0.2, 0.25) is 0 Å². The average Bonchev–Trinajstić information content (AvgIpc) is 1.35. The van der Waals surface area contributed by atoms with Crippen LogP contribution in [0, 0.1) is 0 Å². The first-order chi connectivity index (χ1) is 2.77. The highest BCUT2D eigenvalue weighted by Crippen LogP contribution is 1.97. The molecule has 0 aliphatic heterocycles. The Bertz CT molecular complexity index is 25.1. The maximum Gasteiger partial charge on any atom is 0.0973 e. The van der Waals surface area contributed by atoms with Gasteiger partial charge >= 0.3 is 0 Å². The van der Waals surface area contributed by atoms with Gasteiger partial charge in [-0.25, -0.2) is 4.39 Å². The van der Waals surface area contributed by atoms with E-state index in [0.717, 1.165) is 6.42 Å². The normalized spacial score (nSPS) is 14.5. The molecule has 0 bridgehead atoms. The second kappa shape index (κ2) is 3.13. The van der Waals surface area contributed by atoms with Crippen LogP contribution >= 0.6 is 0 Å². The lowest BCUT2D eigenvalue weighted by Gasteiger charge is -1.91. The van der Waals surface area contributed by atoms with E-state index in [1.165, 1.54) is 0 Å². The van der Waals surface area contributed by atoms with Crippen LogP contribution in [-0.4, -0.2) is 6.17 Å². The molecule has 0 rings (SSSR count). The Morgan fingerprint density at radius 2 is 2.17 bits per heavy atom. The number of hydrogen-bond acceptors (Lipinski definition) is 0. The fraction of sp³-hybridized carbons (Fsp3) is 1.00. The van der Waals surface area contributed by atoms with Gasteiger partial charge < -0.3 is 0 Å². The van der Waals surface area contributed by atoms with Crippen molar-refractivity contribution in [1.29, 1.82) is 0 Å². The van der Waals surface area contributed by atoms with Crippen LogP contribution in [0.3, 0.4) is 0 Å². The van der Waals surface area contributed by atoms with Crippen LogP contribution in [0.4, 0.5) is 4.39 Å². The molecule has 38 valence electrons. The molecular weight excluding hydrogens is 79.1 g/mol. The molecule has 0 aromatic carbocycles. The lowest BCUT2D eigenvalue weighted by atomic mass is 10.2. The Hall–Kier alpha value is -0.0700. The monoisotopic (exact) mass is 90.1 g/mol. The Balaban J connectivity index is 2.63. The van der Waals surface area contributed by atoms with Crippen molar-refractivity contribution in [1.82, 2.24) is 0 Å². The van der Waals surface area contributed by atoms with E-state index in [2.05, 4.69) is 0 Å². The summed E-state index contributed by atoms with van der Waals surface area (Å²) >= 11 is 0. The van der Waals surface area contributed by atoms with Crippen LogP contribution in [0.25, 0.3) is 0 Å². The van der Waals surface area contributed by atoms with Gasteiger partial charge in [-0.3, -0.25) is 0 Å². The zero-order valence-corrected chi connectivity index (χ0v) is 4.37. The number of halogens is 1. The fourth-order valence-corrected chi connectivity index (χ4v) is 0.398. The van der Waals surface area contributed by atoms with Crippen molar-refractivity contribution in [2.24, 2.45) is 0 Å². The van der Waals surface area contributed by atoms with Gasteiger partial charge in [-0.2, -0.15) is 0 Å². The molecule has 0 saturated heterocycles. The smallest absolute Gasteiger partial charge is 0.0973 e. The zero-order chi connectivity index (χ0) is 4.99. The molecule has 0 heterocycles. The first-order valence-electron chi connectivity index (χ1n) is 2.41. The summed E-state index contributed by atoms with van der Waals surface area (Å²) in [6.45, 7) is 3.57. The highest BCUT2D eigenvalue weighted by Gasteiger charge is 1.90. The zero-order valence-electron chi connectivity index (χ0n) is 4.37. The van der Waals surface area contributed by atoms with E-state index in [1.54, 1.807) is 6.92 Å². The highest BCUT2D eigenvalue weighted by molar-refractivity contribution is 4.41. The van der Waals surface area contributed by atoms with Gasteiger partial charge in [-0.1, -0.05) is 13.3 Å². The summed E-state index contributed by atoms with van der Waals surface area (Å²) in [5.74, 6) is 0. The largest absolute Gasteiger partial charge is 0.248 e. The van der Waals surface area contributed by atoms with Gasteiger partial charge in [-0.05, 0) is 13.3 Å². The first kappa shape index (κ1) is 5.93. The van der Waals surface area contributed by atoms with Crippen LogP contribution in [0.1, 0.15) is 26.7 Å². The van der Waals surface area contributed by atoms with Gasteiger partial charge in [0.25, 0.3) is 0 Å². The molecule has 0 N–H and O–H groups in total. The molecule has 0 nitrogen and oxygen atoms in total. The fourth-order valence-electron chi connectivity index (χ4n) is 0.398. The van der Waals surface area contributed by atoms with Crippen LogP contribution in [-0.2, 0) is 0 Å². The van der Waals surface area contributed by atoms with E-state index in [9.17, 15) is 4.39 Å². The third-order valence-corrected chi connectivity index (χ3v) is 0.686. The molecule has 0 aliphatic carbocycles. The number of alkyl halides is 1. The quantitative estimate of drug-likeness (QED) is 0.487. The van der Waals surface area contributed by atoms with Gasteiger partial charge in [-0.15, -0.1) is 0 Å². The summed E-state index contributed by atoms with van der Waals surface area (Å²) in [4.78, 5) is 0. The molecule has 0 unspecified atom stereocenters. The van der Waals surface area contributed by atoms with Crippen molar-refractivity contribution >= 4 is 0 Å². The summed E-state index contributed by atoms with van der Waals surface area (Å²) in [6.07, 6.45) is 1.06. The topological polar surface area (TPSA) is 0 Å². The molecule has 0 saturated carbocycles. The Morgan fingerprint density at radius 1 is 1.67 bits per heavy atom. The predicted molar refractivity (Wildman–Crippen MR) is 25.5 cm³/mol. The summed E-state index contributed by atoms with van der Waals surface area (Å²) in [5.41, 5.74) is 0. The molecule has 1 heteroatoms. The lowest BCUT2D eigenvalue weighted by molar-refractivity contribution is 0.339. The van der Waals surface area contributed by atoms with E-state index in [1.807, 2.05) is 6.92 Å². The summed E-state index contributed by atoms with van der Waals surface area (Å²) < 4.78 is 11.7. The van der Waals surface area contributed by atoms with E-state index < -0.39 is 6.17 Å². The molecule has 0 aromatic heterocycles. The van der Waals surface area contributed by atoms with Crippen molar-refractivity contribution in [3.8, 4) is 0 Å². The van der Waals surface area contributed by atoms with Crippen molar-refractivity contribution in [3.63, 3.8) is 0 Å². The van der Waals surface area contributed by atoms with Crippen molar-refractivity contribution in [3.05, 3.63) is 0 Å². The third-order valence-electron chi connectivity index (χ3n) is 0.686. The minimum atomic E-state index is -0.602. The van der Waals surface area contributed by atoms with E-state index >= 15 is 0 Å². The molecular formula is C5H11F. The molecule has 0 aromatic rings. The van der Waals surface area contributed by atoms with Crippen LogP contribution in [0.2, 0.25) is 0 Å². The summed E-state index contributed by atoms with van der Waals surface area (Å²) in [7, 11) is 0. The number of rotatable bonds is 2. The van der Waals surface area contributed by atoms with Gasteiger partial charge in [0.15, 0.2) is 0 Å². The third kappa shape index (κ3) is 3.93. The summed E-state index contributed by atoms with van der Waals surface area (Å²) in [5, 5.41) is 0. The van der Waals surface area contributed by atoms with Gasteiger partial charge in [0.05, 0.1) is 6.17 Å². The van der Waals surface area contributed by atoms with Gasteiger partial charge in [0.1, 0.15) is 0 Å². The molecule has 0 aliphatic rings. The maximum absolute atomic E-state index is 11.7. The first-order valence-corrected chi connectivity index (χ1v) is 2.41. The SMILES string of the molecule is CCC[C@H](C)F. The minimum Gasteiger partial charge on any atom is -0.248 e. The Kier molecular flexibility index (Phi) is 3.10. The van der Waals surface area contributed by atoms with Crippen LogP contribution in [0.5, 0.6) is 0 Å². The van der Waals surface area contributed by atoms with Crippen LogP contribution in [0.15, 0.2) is 0 Å². The van der Waals surface area contributed by atoms with Crippen molar-refractivity contribution < 1.29 is 4.39 Å². The Labute approximate surface area is 38.4 Å².